The van der Waals surface area contributed by atoms with E-state index in [1.807, 2.05) is 0 Å². The van der Waals surface area contributed by atoms with E-state index in [4.69, 9.17) is 0 Å². The summed E-state index contributed by atoms with van der Waals surface area (Å²) in [6.07, 6.45) is 20.7. The van der Waals surface area contributed by atoms with Crippen molar-refractivity contribution in [1.82, 2.24) is 0 Å². The lowest BCUT2D eigenvalue weighted by atomic mass is 9.82. The monoisotopic (exact) mass is 428 g/mol. The van der Waals surface area contributed by atoms with Crippen LogP contribution in [-0.2, 0) is 19.3 Å². The molecule has 1 aliphatic carbocycles. The zero-order valence-electron chi connectivity index (χ0n) is 20.8. The highest BCUT2D eigenvalue weighted by molar-refractivity contribution is 5.75. The zero-order chi connectivity index (χ0) is 22.4. The highest BCUT2D eigenvalue weighted by Crippen LogP contribution is 2.34. The quantitative estimate of drug-likeness (QED) is 0.317. The van der Waals surface area contributed by atoms with Crippen molar-refractivity contribution < 1.29 is 0 Å². The van der Waals surface area contributed by atoms with Gasteiger partial charge in [-0.05, 0) is 78.8 Å². The van der Waals surface area contributed by atoms with E-state index in [-0.39, 0.29) is 0 Å². The lowest BCUT2D eigenvalue weighted by Crippen LogP contribution is -2.07. The van der Waals surface area contributed by atoms with Crippen LogP contribution in [0.1, 0.15) is 120 Å². The largest absolute Gasteiger partial charge is 0.0979 e. The van der Waals surface area contributed by atoms with Crippen LogP contribution in [0.2, 0.25) is 0 Å². The number of hydrogen-bond acceptors (Lipinski definition) is 0. The Kier molecular flexibility index (Phi) is 10.9. The van der Waals surface area contributed by atoms with Crippen LogP contribution in [0.25, 0.3) is 11.1 Å². The molecule has 32 heavy (non-hydrogen) atoms. The average molecular weight is 429 g/mol. The summed E-state index contributed by atoms with van der Waals surface area (Å²) in [5.41, 5.74) is 8.93. The summed E-state index contributed by atoms with van der Waals surface area (Å²) in [4.78, 5) is 0. The molecule has 0 unspecified atom stereocenters. The van der Waals surface area contributed by atoms with Gasteiger partial charge in [-0.25, -0.2) is 0 Å². The van der Waals surface area contributed by atoms with Gasteiger partial charge in [-0.2, -0.15) is 0 Å². The van der Waals surface area contributed by atoms with Gasteiger partial charge in [0.05, 0.1) is 0 Å². The van der Waals surface area contributed by atoms with Crippen LogP contribution >= 0.6 is 0 Å². The Morgan fingerprint density at radius 2 is 1.41 bits per heavy atom. The first-order valence-corrected chi connectivity index (χ1v) is 13.6. The molecule has 0 amide bonds. The maximum absolute atomic E-state index is 3.71. The summed E-state index contributed by atoms with van der Waals surface area (Å²) in [5.74, 6) is 7.27. The van der Waals surface area contributed by atoms with Gasteiger partial charge in [-0.3, -0.25) is 0 Å². The molecule has 3 rings (SSSR count). The molecule has 0 heteroatoms. The average Bonchev–Trinajstić information content (AvgIpc) is 2.82. The fourth-order valence-corrected chi connectivity index (χ4v) is 5.09. The third-order valence-corrected chi connectivity index (χ3v) is 7.00. The number of aryl methyl sites for hydroxylation is 1. The van der Waals surface area contributed by atoms with Gasteiger partial charge >= 0.3 is 0 Å². The molecular weight excluding hydrogens is 384 g/mol. The second-order valence-electron chi connectivity index (χ2n) is 9.62. The molecular formula is C32H44. The van der Waals surface area contributed by atoms with Gasteiger partial charge in [-0.1, -0.05) is 107 Å². The molecule has 0 bridgehead atoms. The lowest BCUT2D eigenvalue weighted by molar-refractivity contribution is 0.558. The van der Waals surface area contributed by atoms with E-state index in [1.54, 1.807) is 16.7 Å². The van der Waals surface area contributed by atoms with Crippen LogP contribution in [0.15, 0.2) is 36.4 Å². The minimum Gasteiger partial charge on any atom is -0.0979 e. The van der Waals surface area contributed by atoms with Crippen LogP contribution in [0.3, 0.4) is 0 Å². The summed E-state index contributed by atoms with van der Waals surface area (Å²) in [7, 11) is 0. The minimum absolute atomic E-state index is 1.01. The molecule has 1 aliphatic rings. The van der Waals surface area contributed by atoms with Crippen LogP contribution in [0.5, 0.6) is 0 Å². The van der Waals surface area contributed by atoms with Gasteiger partial charge in [0.2, 0.25) is 0 Å². The predicted molar refractivity (Wildman–Crippen MR) is 141 cm³/mol. The van der Waals surface area contributed by atoms with E-state index in [2.05, 4.69) is 62.1 Å². The fourth-order valence-electron chi connectivity index (χ4n) is 5.09. The fraction of sp³-hybridized carbons (Fsp3) is 0.562. The summed E-state index contributed by atoms with van der Waals surface area (Å²) in [6.45, 7) is 4.58. The van der Waals surface area contributed by atoms with Crippen molar-refractivity contribution in [2.24, 2.45) is 0 Å². The van der Waals surface area contributed by atoms with E-state index in [0.29, 0.717) is 0 Å². The Morgan fingerprint density at radius 3 is 2.09 bits per heavy atom. The summed E-state index contributed by atoms with van der Waals surface area (Å²) >= 11 is 0. The number of hydrogen-bond donors (Lipinski definition) is 0. The van der Waals surface area contributed by atoms with E-state index in [9.17, 15) is 0 Å². The van der Waals surface area contributed by atoms with E-state index in [0.717, 1.165) is 6.42 Å². The molecule has 0 saturated heterocycles. The van der Waals surface area contributed by atoms with Crippen molar-refractivity contribution >= 4 is 0 Å². The Bertz CT molecular complexity index is 862. The Balaban J connectivity index is 2.13. The zero-order valence-corrected chi connectivity index (χ0v) is 20.8. The normalized spacial score (nSPS) is 15.1. The smallest absolute Gasteiger partial charge is 0.0358 e. The van der Waals surface area contributed by atoms with Crippen LogP contribution in [0, 0.1) is 11.8 Å². The summed E-state index contributed by atoms with van der Waals surface area (Å²) < 4.78 is 0. The topological polar surface area (TPSA) is 0 Å². The van der Waals surface area contributed by atoms with Gasteiger partial charge < -0.3 is 0 Å². The minimum atomic E-state index is 1.01. The molecule has 2 aromatic rings. The molecule has 0 fully saturated rings. The van der Waals surface area contributed by atoms with Crippen molar-refractivity contribution in [2.45, 2.75) is 117 Å². The summed E-state index contributed by atoms with van der Waals surface area (Å²) in [6, 6.07) is 13.6. The number of benzene rings is 2. The maximum atomic E-state index is 3.71. The summed E-state index contributed by atoms with van der Waals surface area (Å²) in [5, 5.41) is 0. The van der Waals surface area contributed by atoms with Gasteiger partial charge in [-0.15, -0.1) is 0 Å². The van der Waals surface area contributed by atoms with Crippen LogP contribution in [0.4, 0.5) is 0 Å². The third-order valence-electron chi connectivity index (χ3n) is 7.00. The Labute approximate surface area is 198 Å². The van der Waals surface area contributed by atoms with Crippen molar-refractivity contribution in [3.8, 4) is 23.0 Å². The van der Waals surface area contributed by atoms with Gasteiger partial charge in [0.15, 0.2) is 0 Å². The number of fused-ring (bicyclic) bond motifs is 1. The molecule has 0 aliphatic heterocycles. The molecule has 2 aromatic carbocycles. The molecule has 0 atom stereocenters. The molecule has 0 saturated carbocycles. The van der Waals surface area contributed by atoms with Gasteiger partial charge in [0, 0.05) is 12.0 Å². The highest BCUT2D eigenvalue weighted by Gasteiger charge is 2.18. The molecule has 172 valence electrons. The Hall–Kier alpha value is -2.00. The Morgan fingerprint density at radius 1 is 0.750 bits per heavy atom. The second kappa shape index (κ2) is 14.2. The first-order chi connectivity index (χ1) is 15.8. The van der Waals surface area contributed by atoms with E-state index < -0.39 is 0 Å². The van der Waals surface area contributed by atoms with Crippen LogP contribution in [-0.4, -0.2) is 0 Å². The molecule has 0 aromatic heterocycles. The van der Waals surface area contributed by atoms with E-state index >= 15 is 0 Å². The first kappa shape index (κ1) is 24.6. The second-order valence-corrected chi connectivity index (χ2v) is 9.62. The predicted octanol–water partition coefficient (Wildman–Crippen LogP) is 9.46. The maximum Gasteiger partial charge on any atom is 0.0358 e. The highest BCUT2D eigenvalue weighted by atomic mass is 14.2. The van der Waals surface area contributed by atoms with Crippen molar-refractivity contribution in [2.75, 3.05) is 0 Å². The number of rotatable bonds is 6. The van der Waals surface area contributed by atoms with E-state index in [1.165, 1.54) is 113 Å². The van der Waals surface area contributed by atoms with Crippen LogP contribution < -0.4 is 0 Å². The van der Waals surface area contributed by atoms with Gasteiger partial charge in [0.25, 0.3) is 0 Å². The molecule has 0 nitrogen and oxygen atoms in total. The number of unbranched alkanes of at least 4 members (excludes halogenated alkanes) is 3. The molecule has 0 N–H and O–H groups in total. The van der Waals surface area contributed by atoms with Crippen molar-refractivity contribution in [3.05, 3.63) is 58.7 Å². The lowest BCUT2D eigenvalue weighted by Gasteiger charge is -2.21. The molecule has 0 spiro atoms. The first-order valence-electron chi connectivity index (χ1n) is 13.6. The third kappa shape index (κ3) is 7.27. The van der Waals surface area contributed by atoms with Crippen molar-refractivity contribution in [3.63, 3.8) is 0 Å². The standard InChI is InChI=1S/C32H44/c1-3-5-7-18-25-31-30(23-6-4-2)29-24-19-13-11-9-8-10-12-15-22-28(29)26-32(31)27-20-16-14-17-21-27/h14,16-17,20-21,26H,3-13,15,19,22-24H2,1-2H3. The molecule has 0 heterocycles. The van der Waals surface area contributed by atoms with Crippen molar-refractivity contribution in [1.29, 1.82) is 0 Å². The molecule has 0 radical (unpaired) electrons. The SMILES string of the molecule is CCCCC#Cc1c(-c2ccccc2)cc2c(c1CCCC)CCCCCCCCCC2. The van der Waals surface area contributed by atoms with Gasteiger partial charge in [0.1, 0.15) is 0 Å².